The average molecular weight is 244 g/mol. The van der Waals surface area contributed by atoms with Crippen LogP contribution in [0.2, 0.25) is 0 Å². The normalized spacial score (nSPS) is 14.7. The predicted octanol–water partition coefficient (Wildman–Crippen LogP) is 1.01. The summed E-state index contributed by atoms with van der Waals surface area (Å²) in [4.78, 5) is 19.3. The van der Waals surface area contributed by atoms with E-state index in [1.54, 1.807) is 12.3 Å². The fourth-order valence-corrected chi connectivity index (χ4v) is 2.06. The molecule has 1 saturated heterocycles. The molecule has 0 atom stereocenters. The number of hydrogen-bond acceptors (Lipinski definition) is 4. The number of likely N-dealkylation sites (tertiary alicyclic amines) is 1. The fourth-order valence-electron chi connectivity index (χ4n) is 2.06. The molecule has 1 fully saturated rings. The number of likely N-dealkylation sites (N-methyl/N-ethyl adjacent to an activating group) is 1. The van der Waals surface area contributed by atoms with Gasteiger partial charge in [-0.1, -0.05) is 0 Å². The van der Waals surface area contributed by atoms with Gasteiger partial charge in [0.05, 0.1) is 0 Å². The molecule has 0 N–H and O–H groups in total. The Morgan fingerprint density at radius 1 is 1.61 bits per heavy atom. The first-order valence-electron chi connectivity index (χ1n) is 6.06. The van der Waals surface area contributed by atoms with Gasteiger partial charge in [-0.2, -0.15) is 5.26 Å². The maximum atomic E-state index is 11.5. The lowest BCUT2D eigenvalue weighted by atomic mass is 10.3. The zero-order valence-electron chi connectivity index (χ0n) is 10.5. The highest BCUT2D eigenvalue weighted by Crippen LogP contribution is 2.14. The van der Waals surface area contributed by atoms with Crippen molar-refractivity contribution < 1.29 is 4.79 Å². The summed E-state index contributed by atoms with van der Waals surface area (Å²) in [7, 11) is 1.96. The lowest BCUT2D eigenvalue weighted by Crippen LogP contribution is -2.34. The van der Waals surface area contributed by atoms with Crippen molar-refractivity contribution in [2.75, 3.05) is 31.6 Å². The van der Waals surface area contributed by atoms with Crippen LogP contribution in [0.15, 0.2) is 18.3 Å². The van der Waals surface area contributed by atoms with E-state index >= 15 is 0 Å². The molecule has 94 valence electrons. The molecule has 5 nitrogen and oxygen atoms in total. The third kappa shape index (κ3) is 2.77. The first-order valence-corrected chi connectivity index (χ1v) is 6.06. The molecule has 1 aliphatic rings. The number of carbonyl (C=O) groups excluding carboxylic acids is 1. The van der Waals surface area contributed by atoms with Crippen LogP contribution in [0.5, 0.6) is 0 Å². The smallest absolute Gasteiger partial charge is 0.222 e. The second-order valence-corrected chi connectivity index (χ2v) is 4.42. The minimum atomic E-state index is 0.246. The molecule has 2 rings (SSSR count). The standard InChI is InChI=1S/C13H16N4O/c1-16(7-8-17-6-2-3-13(17)18)12-4-5-15-11(9-12)10-14/h4-5,9H,2-3,6-8H2,1H3. The van der Waals surface area contributed by atoms with Crippen LogP contribution in [0, 0.1) is 11.3 Å². The van der Waals surface area contributed by atoms with Gasteiger partial charge in [0.15, 0.2) is 0 Å². The van der Waals surface area contributed by atoms with Gasteiger partial charge < -0.3 is 9.80 Å². The summed E-state index contributed by atoms with van der Waals surface area (Å²) in [5.41, 5.74) is 1.37. The summed E-state index contributed by atoms with van der Waals surface area (Å²) in [6, 6.07) is 5.65. The van der Waals surface area contributed by atoms with E-state index in [4.69, 9.17) is 5.26 Å². The van der Waals surface area contributed by atoms with Gasteiger partial charge in [-0.25, -0.2) is 4.98 Å². The molecule has 5 heteroatoms. The van der Waals surface area contributed by atoms with Crippen molar-refractivity contribution in [2.45, 2.75) is 12.8 Å². The zero-order valence-corrected chi connectivity index (χ0v) is 10.5. The van der Waals surface area contributed by atoms with Crippen molar-refractivity contribution in [2.24, 2.45) is 0 Å². The molecule has 0 unspecified atom stereocenters. The molecule has 0 saturated carbocycles. The molecule has 0 radical (unpaired) electrons. The molecule has 1 aromatic rings. The van der Waals surface area contributed by atoms with Gasteiger partial charge in [0.1, 0.15) is 11.8 Å². The Bertz CT molecular complexity index is 480. The van der Waals surface area contributed by atoms with Gasteiger partial charge in [0.25, 0.3) is 0 Å². The van der Waals surface area contributed by atoms with Crippen LogP contribution in [0.4, 0.5) is 5.69 Å². The van der Waals surface area contributed by atoms with Crippen LogP contribution in [0.25, 0.3) is 0 Å². The van der Waals surface area contributed by atoms with Gasteiger partial charge in [-0.3, -0.25) is 4.79 Å². The van der Waals surface area contributed by atoms with E-state index in [0.717, 1.165) is 31.7 Å². The number of rotatable bonds is 4. The molecule has 0 aromatic carbocycles. The molecule has 2 heterocycles. The molecule has 1 aromatic heterocycles. The van der Waals surface area contributed by atoms with Gasteiger partial charge in [-0.05, 0) is 18.6 Å². The number of nitrogens with zero attached hydrogens (tertiary/aromatic N) is 4. The highest BCUT2D eigenvalue weighted by Gasteiger charge is 2.19. The number of carbonyl (C=O) groups is 1. The van der Waals surface area contributed by atoms with Crippen LogP contribution in [-0.4, -0.2) is 42.5 Å². The van der Waals surface area contributed by atoms with Crippen LogP contribution in [0.3, 0.4) is 0 Å². The third-order valence-electron chi connectivity index (χ3n) is 3.18. The van der Waals surface area contributed by atoms with E-state index in [-0.39, 0.29) is 5.91 Å². The second kappa shape index (κ2) is 5.50. The average Bonchev–Trinajstić information content (AvgIpc) is 2.81. The number of nitriles is 1. The molecule has 0 aliphatic carbocycles. The second-order valence-electron chi connectivity index (χ2n) is 4.42. The third-order valence-corrected chi connectivity index (χ3v) is 3.18. The van der Waals surface area contributed by atoms with Crippen LogP contribution in [0.1, 0.15) is 18.5 Å². The molecule has 18 heavy (non-hydrogen) atoms. The first kappa shape index (κ1) is 12.4. The van der Waals surface area contributed by atoms with E-state index in [1.165, 1.54) is 0 Å². The number of anilines is 1. The highest BCUT2D eigenvalue weighted by atomic mass is 16.2. The molecular weight excluding hydrogens is 228 g/mol. The monoisotopic (exact) mass is 244 g/mol. The largest absolute Gasteiger partial charge is 0.373 e. The maximum Gasteiger partial charge on any atom is 0.222 e. The quantitative estimate of drug-likeness (QED) is 0.793. The Kier molecular flexibility index (Phi) is 3.78. The van der Waals surface area contributed by atoms with Crippen molar-refractivity contribution >= 4 is 11.6 Å². The first-order chi connectivity index (χ1) is 8.70. The number of amides is 1. The lowest BCUT2D eigenvalue weighted by molar-refractivity contribution is -0.127. The van der Waals surface area contributed by atoms with Gasteiger partial charge in [0.2, 0.25) is 5.91 Å². The van der Waals surface area contributed by atoms with E-state index in [1.807, 2.05) is 29.0 Å². The molecule has 1 amide bonds. The summed E-state index contributed by atoms with van der Waals surface area (Å²) in [6.45, 7) is 2.37. The van der Waals surface area contributed by atoms with E-state index < -0.39 is 0 Å². The van der Waals surface area contributed by atoms with Crippen LogP contribution in [-0.2, 0) is 4.79 Å². The van der Waals surface area contributed by atoms with Crippen molar-refractivity contribution in [1.29, 1.82) is 5.26 Å². The summed E-state index contributed by atoms with van der Waals surface area (Å²) in [6.07, 6.45) is 3.28. The predicted molar refractivity (Wildman–Crippen MR) is 68.0 cm³/mol. The Morgan fingerprint density at radius 3 is 3.11 bits per heavy atom. The Morgan fingerprint density at radius 2 is 2.44 bits per heavy atom. The van der Waals surface area contributed by atoms with Crippen molar-refractivity contribution in [1.82, 2.24) is 9.88 Å². The summed E-state index contributed by atoms with van der Waals surface area (Å²) in [5.74, 6) is 0.246. The van der Waals surface area contributed by atoms with E-state index in [2.05, 4.69) is 4.98 Å². The van der Waals surface area contributed by atoms with E-state index in [9.17, 15) is 4.79 Å². The minimum absolute atomic E-state index is 0.246. The molecule has 1 aliphatic heterocycles. The summed E-state index contributed by atoms with van der Waals surface area (Å²) in [5, 5.41) is 8.80. The van der Waals surface area contributed by atoms with Gasteiger partial charge in [0, 0.05) is 45.0 Å². The van der Waals surface area contributed by atoms with Crippen molar-refractivity contribution in [3.05, 3.63) is 24.0 Å². The maximum absolute atomic E-state index is 11.5. The number of hydrogen-bond donors (Lipinski definition) is 0. The van der Waals surface area contributed by atoms with Crippen molar-refractivity contribution in [3.8, 4) is 6.07 Å². The van der Waals surface area contributed by atoms with Crippen molar-refractivity contribution in [3.63, 3.8) is 0 Å². The number of aromatic nitrogens is 1. The van der Waals surface area contributed by atoms with Crippen LogP contribution >= 0.6 is 0 Å². The summed E-state index contributed by atoms with van der Waals surface area (Å²) < 4.78 is 0. The van der Waals surface area contributed by atoms with Crippen LogP contribution < -0.4 is 4.90 Å². The lowest BCUT2D eigenvalue weighted by Gasteiger charge is -2.23. The topological polar surface area (TPSA) is 60.2 Å². The Labute approximate surface area is 107 Å². The van der Waals surface area contributed by atoms with Gasteiger partial charge >= 0.3 is 0 Å². The Hall–Kier alpha value is -2.09. The Balaban J connectivity index is 1.93. The van der Waals surface area contributed by atoms with Gasteiger partial charge in [-0.15, -0.1) is 0 Å². The molecule has 0 spiro atoms. The number of pyridine rings is 1. The molecule has 0 bridgehead atoms. The molecular formula is C13H16N4O. The van der Waals surface area contributed by atoms with E-state index in [0.29, 0.717) is 12.1 Å². The fraction of sp³-hybridized carbons (Fsp3) is 0.462. The zero-order chi connectivity index (χ0) is 13.0. The minimum Gasteiger partial charge on any atom is -0.373 e. The highest BCUT2D eigenvalue weighted by molar-refractivity contribution is 5.78. The SMILES string of the molecule is CN(CCN1CCCC1=O)c1ccnc(C#N)c1. The summed E-state index contributed by atoms with van der Waals surface area (Å²) >= 11 is 0.